The normalized spacial score (nSPS) is 29.8. The Kier molecular flexibility index (Phi) is 5.05. The molecule has 2 aliphatic heterocycles. The number of fused-ring (bicyclic) bond motifs is 5. The van der Waals surface area contributed by atoms with Gasteiger partial charge in [-0.05, 0) is 42.9 Å². The highest BCUT2D eigenvalue weighted by Crippen LogP contribution is 2.52. The van der Waals surface area contributed by atoms with E-state index in [1.807, 2.05) is 29.2 Å². The van der Waals surface area contributed by atoms with Gasteiger partial charge < -0.3 is 9.80 Å². The molecule has 2 aliphatic carbocycles. The summed E-state index contributed by atoms with van der Waals surface area (Å²) in [6.45, 7) is 3.25. The van der Waals surface area contributed by atoms with Crippen molar-refractivity contribution in [1.82, 2.24) is 9.80 Å². The van der Waals surface area contributed by atoms with Gasteiger partial charge in [-0.25, -0.2) is 0 Å². The summed E-state index contributed by atoms with van der Waals surface area (Å²) in [6.07, 6.45) is 6.06. The molecule has 5 rings (SSSR count). The molecule has 6 nitrogen and oxygen atoms in total. The number of rotatable bonds is 5. The number of carbonyl (C=O) groups is 3. The Morgan fingerprint density at radius 1 is 1.00 bits per heavy atom. The summed E-state index contributed by atoms with van der Waals surface area (Å²) in [4.78, 5) is 43.6. The minimum absolute atomic E-state index is 0.0237. The summed E-state index contributed by atoms with van der Waals surface area (Å²) in [5, 5.41) is 0.713. The maximum Gasteiger partial charge on any atom is 0.233 e. The van der Waals surface area contributed by atoms with Crippen molar-refractivity contribution in [2.24, 2.45) is 23.7 Å². The minimum Gasteiger partial charge on any atom is -0.368 e. The third-order valence-corrected chi connectivity index (χ3v) is 7.37. The van der Waals surface area contributed by atoms with Gasteiger partial charge in [0.2, 0.25) is 17.7 Å². The second-order valence-electron chi connectivity index (χ2n) is 8.78. The molecule has 1 aromatic carbocycles. The van der Waals surface area contributed by atoms with E-state index in [9.17, 15) is 14.4 Å². The Bertz CT molecular complexity index is 879. The molecule has 0 spiro atoms. The number of anilines is 1. The van der Waals surface area contributed by atoms with Crippen molar-refractivity contribution in [2.75, 3.05) is 37.6 Å². The molecule has 4 aliphatic rings. The molecule has 1 aromatic rings. The largest absolute Gasteiger partial charge is 0.368 e. The van der Waals surface area contributed by atoms with Gasteiger partial charge in [0, 0.05) is 49.9 Å². The van der Waals surface area contributed by atoms with Crippen molar-refractivity contribution in [3.63, 3.8) is 0 Å². The average Bonchev–Trinajstić information content (AvgIpc) is 3.43. The molecule has 2 bridgehead atoms. The van der Waals surface area contributed by atoms with Crippen LogP contribution >= 0.6 is 11.6 Å². The van der Waals surface area contributed by atoms with Crippen LogP contribution in [-0.2, 0) is 14.4 Å². The van der Waals surface area contributed by atoms with E-state index in [-0.39, 0.29) is 41.4 Å². The maximum atomic E-state index is 12.7. The number of amides is 3. The number of nitrogens with zero attached hydrogens (tertiary/aromatic N) is 3. The van der Waals surface area contributed by atoms with Crippen LogP contribution in [0.3, 0.4) is 0 Å². The van der Waals surface area contributed by atoms with E-state index in [4.69, 9.17) is 11.6 Å². The lowest BCUT2D eigenvalue weighted by Gasteiger charge is -2.36. The number of likely N-dealkylation sites (tertiary alicyclic amines) is 1. The van der Waals surface area contributed by atoms with E-state index in [0.29, 0.717) is 37.5 Å². The van der Waals surface area contributed by atoms with Crippen molar-refractivity contribution in [3.8, 4) is 0 Å². The number of allylic oxidation sites excluding steroid dienone is 2. The van der Waals surface area contributed by atoms with Crippen molar-refractivity contribution in [3.05, 3.63) is 41.4 Å². The van der Waals surface area contributed by atoms with Gasteiger partial charge in [-0.1, -0.05) is 29.8 Å². The van der Waals surface area contributed by atoms with E-state index >= 15 is 0 Å². The molecule has 2 saturated heterocycles. The fraction of sp³-hybridized carbons (Fsp3) is 0.522. The highest BCUT2D eigenvalue weighted by Gasteiger charge is 2.58. The molecule has 0 N–H and O–H groups in total. The quantitative estimate of drug-likeness (QED) is 0.535. The van der Waals surface area contributed by atoms with Gasteiger partial charge in [0.05, 0.1) is 11.8 Å². The van der Waals surface area contributed by atoms with E-state index in [1.165, 1.54) is 4.90 Å². The molecular weight excluding hydrogens is 402 g/mol. The van der Waals surface area contributed by atoms with Gasteiger partial charge in [0.1, 0.15) is 0 Å². The Morgan fingerprint density at radius 3 is 2.30 bits per heavy atom. The Morgan fingerprint density at radius 2 is 1.67 bits per heavy atom. The number of carbonyl (C=O) groups excluding carboxylic acids is 3. The number of imide groups is 1. The molecule has 1 saturated carbocycles. The second-order valence-corrected chi connectivity index (χ2v) is 9.22. The first-order chi connectivity index (χ1) is 14.5. The van der Waals surface area contributed by atoms with E-state index in [0.717, 1.165) is 25.2 Å². The summed E-state index contributed by atoms with van der Waals surface area (Å²) in [5.74, 6) is 0.221. The number of hydrogen-bond acceptors (Lipinski definition) is 4. The molecular formula is C23H26ClN3O3. The van der Waals surface area contributed by atoms with Crippen LogP contribution < -0.4 is 4.90 Å². The standard InChI is InChI=1S/C23H26ClN3O3/c24-17-3-1-4-18(14-17)25-9-11-26(12-10-25)19(28)5-2-8-27-22(29)20-15-6-7-16(13-15)21(20)23(27)30/h1,3-4,6-7,14-16,20-21H,2,5,8-13H2. The molecule has 0 aromatic heterocycles. The molecule has 0 radical (unpaired) electrons. The number of halogens is 1. The Labute approximate surface area is 181 Å². The first-order valence-corrected chi connectivity index (χ1v) is 11.2. The lowest BCUT2D eigenvalue weighted by molar-refractivity contribution is -0.141. The second kappa shape index (κ2) is 7.73. The molecule has 30 heavy (non-hydrogen) atoms. The SMILES string of the molecule is O=C(CCCN1C(=O)C2C3C=CC(C3)C2C1=O)N1CCN(c2cccc(Cl)c2)CC1. The summed E-state index contributed by atoms with van der Waals surface area (Å²) in [7, 11) is 0. The molecule has 158 valence electrons. The number of hydrogen-bond donors (Lipinski definition) is 0. The first kappa shape index (κ1) is 19.6. The van der Waals surface area contributed by atoms with Crippen LogP contribution in [0.4, 0.5) is 5.69 Å². The molecule has 3 amide bonds. The van der Waals surface area contributed by atoms with E-state index in [1.54, 1.807) is 0 Å². The number of benzene rings is 1. The predicted octanol–water partition coefficient (Wildman–Crippen LogP) is 2.58. The predicted molar refractivity (Wildman–Crippen MR) is 114 cm³/mol. The smallest absolute Gasteiger partial charge is 0.233 e. The highest BCUT2D eigenvalue weighted by molar-refractivity contribution is 6.30. The van der Waals surface area contributed by atoms with Crippen LogP contribution in [0.1, 0.15) is 19.3 Å². The highest BCUT2D eigenvalue weighted by atomic mass is 35.5. The summed E-state index contributed by atoms with van der Waals surface area (Å²) >= 11 is 6.08. The summed E-state index contributed by atoms with van der Waals surface area (Å²) in [5.41, 5.74) is 1.08. The van der Waals surface area contributed by atoms with Gasteiger partial charge in [-0.3, -0.25) is 19.3 Å². The lowest BCUT2D eigenvalue weighted by Crippen LogP contribution is -2.48. The van der Waals surface area contributed by atoms with Gasteiger partial charge in [-0.2, -0.15) is 0 Å². The summed E-state index contributed by atoms with van der Waals surface area (Å²) in [6, 6.07) is 7.77. The van der Waals surface area contributed by atoms with Crippen LogP contribution in [0.15, 0.2) is 36.4 Å². The Balaban J connectivity index is 1.09. The van der Waals surface area contributed by atoms with Crippen LogP contribution in [0.5, 0.6) is 0 Å². The van der Waals surface area contributed by atoms with Gasteiger partial charge >= 0.3 is 0 Å². The maximum absolute atomic E-state index is 12.7. The molecule has 4 atom stereocenters. The average molecular weight is 428 g/mol. The topological polar surface area (TPSA) is 60.9 Å². The van der Waals surface area contributed by atoms with Gasteiger partial charge in [0.25, 0.3) is 0 Å². The zero-order chi connectivity index (χ0) is 20.8. The number of piperazine rings is 1. The third kappa shape index (κ3) is 3.31. The van der Waals surface area contributed by atoms with Crippen molar-refractivity contribution in [1.29, 1.82) is 0 Å². The van der Waals surface area contributed by atoms with Crippen LogP contribution in [0, 0.1) is 23.7 Å². The van der Waals surface area contributed by atoms with Crippen molar-refractivity contribution in [2.45, 2.75) is 19.3 Å². The minimum atomic E-state index is -0.150. The fourth-order valence-corrected chi connectivity index (χ4v) is 5.80. The monoisotopic (exact) mass is 427 g/mol. The van der Waals surface area contributed by atoms with Crippen LogP contribution in [0.25, 0.3) is 0 Å². The van der Waals surface area contributed by atoms with Crippen LogP contribution in [-0.4, -0.2) is 60.2 Å². The lowest BCUT2D eigenvalue weighted by atomic mass is 9.85. The molecule has 4 unspecified atom stereocenters. The molecule has 7 heteroatoms. The third-order valence-electron chi connectivity index (χ3n) is 7.14. The fourth-order valence-electron chi connectivity index (χ4n) is 5.62. The zero-order valence-electron chi connectivity index (χ0n) is 16.9. The van der Waals surface area contributed by atoms with Crippen molar-refractivity contribution < 1.29 is 14.4 Å². The van der Waals surface area contributed by atoms with Gasteiger partial charge in [0.15, 0.2) is 0 Å². The van der Waals surface area contributed by atoms with Crippen LogP contribution in [0.2, 0.25) is 5.02 Å². The van der Waals surface area contributed by atoms with E-state index in [2.05, 4.69) is 17.1 Å². The van der Waals surface area contributed by atoms with E-state index < -0.39 is 0 Å². The van der Waals surface area contributed by atoms with Crippen molar-refractivity contribution >= 4 is 35.0 Å². The zero-order valence-corrected chi connectivity index (χ0v) is 17.6. The molecule has 2 heterocycles. The van der Waals surface area contributed by atoms with Gasteiger partial charge in [-0.15, -0.1) is 0 Å². The Hall–Kier alpha value is -2.34. The molecule has 3 fully saturated rings. The summed E-state index contributed by atoms with van der Waals surface area (Å²) < 4.78 is 0. The first-order valence-electron chi connectivity index (χ1n) is 10.8.